The third kappa shape index (κ3) is 5.23. The number of halogens is 1. The summed E-state index contributed by atoms with van der Waals surface area (Å²) in [5.74, 6) is -0.134. The largest absolute Gasteiger partial charge is 0.375 e. The SMILES string of the molecule is CO[C@H](CNC(=O)CCn1ccccc1=O)c1cccc(Cl)c1. The van der Waals surface area contributed by atoms with Crippen LogP contribution in [0, 0.1) is 0 Å². The monoisotopic (exact) mass is 334 g/mol. The molecule has 0 fully saturated rings. The van der Waals surface area contributed by atoms with E-state index in [-0.39, 0.29) is 24.0 Å². The molecule has 1 amide bonds. The van der Waals surface area contributed by atoms with Crippen LogP contribution in [0.25, 0.3) is 0 Å². The summed E-state index contributed by atoms with van der Waals surface area (Å²) in [7, 11) is 1.58. The third-order valence-electron chi connectivity index (χ3n) is 3.47. The van der Waals surface area contributed by atoms with Gasteiger partial charge in [0.05, 0.1) is 6.10 Å². The van der Waals surface area contributed by atoms with E-state index in [2.05, 4.69) is 5.32 Å². The number of methoxy groups -OCH3 is 1. The first-order chi connectivity index (χ1) is 11.1. The van der Waals surface area contributed by atoms with Crippen LogP contribution >= 0.6 is 11.6 Å². The molecule has 0 unspecified atom stereocenters. The molecule has 0 aliphatic carbocycles. The molecule has 0 saturated heterocycles. The van der Waals surface area contributed by atoms with E-state index in [4.69, 9.17) is 16.3 Å². The molecule has 1 heterocycles. The predicted octanol–water partition coefficient (Wildman–Crippen LogP) is 2.40. The molecule has 5 nitrogen and oxygen atoms in total. The molecule has 0 spiro atoms. The maximum Gasteiger partial charge on any atom is 0.250 e. The molecule has 6 heteroatoms. The quantitative estimate of drug-likeness (QED) is 0.845. The summed E-state index contributed by atoms with van der Waals surface area (Å²) in [5.41, 5.74) is 0.786. The van der Waals surface area contributed by atoms with Crippen LogP contribution in [0.5, 0.6) is 0 Å². The first-order valence-electron chi connectivity index (χ1n) is 7.30. The molecule has 1 aromatic carbocycles. The zero-order valence-corrected chi connectivity index (χ0v) is 13.6. The van der Waals surface area contributed by atoms with Gasteiger partial charge in [0, 0.05) is 43.9 Å². The van der Waals surface area contributed by atoms with Gasteiger partial charge in [0.1, 0.15) is 0 Å². The van der Waals surface area contributed by atoms with Gasteiger partial charge in [-0.2, -0.15) is 0 Å². The van der Waals surface area contributed by atoms with Crippen LogP contribution in [0.3, 0.4) is 0 Å². The highest BCUT2D eigenvalue weighted by atomic mass is 35.5. The van der Waals surface area contributed by atoms with E-state index in [1.165, 1.54) is 10.6 Å². The minimum Gasteiger partial charge on any atom is -0.375 e. The third-order valence-corrected chi connectivity index (χ3v) is 3.70. The smallest absolute Gasteiger partial charge is 0.250 e. The van der Waals surface area contributed by atoms with E-state index < -0.39 is 0 Å². The highest BCUT2D eigenvalue weighted by Crippen LogP contribution is 2.19. The number of pyridine rings is 1. The number of aromatic nitrogens is 1. The zero-order chi connectivity index (χ0) is 16.7. The molecule has 1 atom stereocenters. The summed E-state index contributed by atoms with van der Waals surface area (Å²) in [6.45, 7) is 0.694. The van der Waals surface area contributed by atoms with Gasteiger partial charge < -0.3 is 14.6 Å². The minimum absolute atomic E-state index is 0.117. The second-order valence-corrected chi connectivity index (χ2v) is 5.50. The lowest BCUT2D eigenvalue weighted by Crippen LogP contribution is -2.30. The Morgan fingerprint density at radius 2 is 2.13 bits per heavy atom. The molecule has 2 rings (SSSR count). The second kappa shape index (κ2) is 8.50. The van der Waals surface area contributed by atoms with Gasteiger partial charge in [0.15, 0.2) is 0 Å². The maximum absolute atomic E-state index is 11.9. The molecule has 1 N–H and O–H groups in total. The van der Waals surface area contributed by atoms with Crippen LogP contribution in [-0.2, 0) is 16.1 Å². The van der Waals surface area contributed by atoms with Crippen LogP contribution in [0.1, 0.15) is 18.1 Å². The number of benzene rings is 1. The molecular formula is C17H19ClN2O3. The number of carbonyl (C=O) groups is 1. The Hall–Kier alpha value is -2.11. The lowest BCUT2D eigenvalue weighted by molar-refractivity contribution is -0.121. The fourth-order valence-electron chi connectivity index (χ4n) is 2.21. The normalized spacial score (nSPS) is 11.9. The molecular weight excluding hydrogens is 316 g/mol. The van der Waals surface area contributed by atoms with Crippen molar-refractivity contribution in [2.75, 3.05) is 13.7 Å². The summed E-state index contributed by atoms with van der Waals surface area (Å²) in [6, 6.07) is 12.2. The highest BCUT2D eigenvalue weighted by molar-refractivity contribution is 6.30. The average molecular weight is 335 g/mol. The fraction of sp³-hybridized carbons (Fsp3) is 0.294. The number of nitrogens with one attached hydrogen (secondary N) is 1. The van der Waals surface area contributed by atoms with Crippen molar-refractivity contribution in [1.82, 2.24) is 9.88 Å². The average Bonchev–Trinajstić information content (AvgIpc) is 2.55. The number of aryl methyl sites for hydroxylation is 1. The Kier molecular flexibility index (Phi) is 6.38. The lowest BCUT2D eigenvalue weighted by Gasteiger charge is -2.17. The topological polar surface area (TPSA) is 60.3 Å². The number of nitrogens with zero attached hydrogens (tertiary/aromatic N) is 1. The van der Waals surface area contributed by atoms with E-state index in [1.54, 1.807) is 31.5 Å². The van der Waals surface area contributed by atoms with E-state index in [9.17, 15) is 9.59 Å². The summed E-state index contributed by atoms with van der Waals surface area (Å²) in [5, 5.41) is 3.44. The van der Waals surface area contributed by atoms with Crippen LogP contribution in [0.2, 0.25) is 5.02 Å². The van der Waals surface area contributed by atoms with Crippen LogP contribution < -0.4 is 10.9 Å². The molecule has 0 radical (unpaired) electrons. The summed E-state index contributed by atoms with van der Waals surface area (Å²) in [6.07, 6.45) is 1.63. The van der Waals surface area contributed by atoms with Gasteiger partial charge in [-0.3, -0.25) is 9.59 Å². The van der Waals surface area contributed by atoms with E-state index in [0.29, 0.717) is 18.1 Å². The van der Waals surface area contributed by atoms with Crippen molar-refractivity contribution in [2.24, 2.45) is 0 Å². The van der Waals surface area contributed by atoms with Crippen molar-refractivity contribution in [2.45, 2.75) is 19.1 Å². The molecule has 2 aromatic rings. The van der Waals surface area contributed by atoms with Crippen LogP contribution in [0.15, 0.2) is 53.5 Å². The molecule has 0 aliphatic rings. The lowest BCUT2D eigenvalue weighted by atomic mass is 10.1. The van der Waals surface area contributed by atoms with Crippen molar-refractivity contribution in [3.05, 3.63) is 69.6 Å². The first kappa shape index (κ1) is 17.2. The number of rotatable bonds is 7. The van der Waals surface area contributed by atoms with Crippen molar-refractivity contribution in [3.63, 3.8) is 0 Å². The Morgan fingerprint density at radius 3 is 2.83 bits per heavy atom. The van der Waals surface area contributed by atoms with Crippen molar-refractivity contribution in [3.8, 4) is 0 Å². The Labute approximate surface area is 139 Å². The van der Waals surface area contributed by atoms with Gasteiger partial charge in [-0.15, -0.1) is 0 Å². The van der Waals surface area contributed by atoms with E-state index in [0.717, 1.165) is 5.56 Å². The van der Waals surface area contributed by atoms with Crippen molar-refractivity contribution in [1.29, 1.82) is 0 Å². The Bertz CT molecular complexity index is 715. The number of hydrogen-bond acceptors (Lipinski definition) is 3. The van der Waals surface area contributed by atoms with Gasteiger partial charge in [-0.1, -0.05) is 29.8 Å². The minimum atomic E-state index is -0.267. The van der Waals surface area contributed by atoms with E-state index in [1.807, 2.05) is 18.2 Å². The Balaban J connectivity index is 1.85. The molecule has 0 saturated carbocycles. The predicted molar refractivity (Wildman–Crippen MR) is 89.5 cm³/mol. The van der Waals surface area contributed by atoms with Crippen LogP contribution in [-0.4, -0.2) is 24.1 Å². The van der Waals surface area contributed by atoms with Gasteiger partial charge >= 0.3 is 0 Å². The van der Waals surface area contributed by atoms with Gasteiger partial charge in [0.2, 0.25) is 5.91 Å². The van der Waals surface area contributed by atoms with Crippen molar-refractivity contribution < 1.29 is 9.53 Å². The van der Waals surface area contributed by atoms with Crippen molar-refractivity contribution >= 4 is 17.5 Å². The zero-order valence-electron chi connectivity index (χ0n) is 12.9. The standard InChI is InChI=1S/C17H19ClN2O3/c1-23-15(13-5-4-6-14(18)11-13)12-19-16(21)8-10-20-9-3-2-7-17(20)22/h2-7,9,11,15H,8,10,12H2,1H3,(H,19,21)/t15-/m1/s1. The molecule has 23 heavy (non-hydrogen) atoms. The molecule has 0 bridgehead atoms. The number of amides is 1. The molecule has 0 aliphatic heterocycles. The Morgan fingerprint density at radius 1 is 1.30 bits per heavy atom. The number of ether oxygens (including phenoxy) is 1. The summed E-state index contributed by atoms with van der Waals surface area (Å²) < 4.78 is 6.90. The van der Waals surface area contributed by atoms with Gasteiger partial charge in [0.25, 0.3) is 5.56 Å². The molecule has 1 aromatic heterocycles. The van der Waals surface area contributed by atoms with Gasteiger partial charge in [-0.05, 0) is 23.8 Å². The maximum atomic E-state index is 11.9. The second-order valence-electron chi connectivity index (χ2n) is 5.07. The summed E-state index contributed by atoms with van der Waals surface area (Å²) in [4.78, 5) is 23.5. The fourth-order valence-corrected chi connectivity index (χ4v) is 2.41. The first-order valence-corrected chi connectivity index (χ1v) is 7.68. The highest BCUT2D eigenvalue weighted by Gasteiger charge is 2.12. The number of carbonyl (C=O) groups excluding carboxylic acids is 1. The van der Waals surface area contributed by atoms with Gasteiger partial charge in [-0.25, -0.2) is 0 Å². The van der Waals surface area contributed by atoms with Crippen LogP contribution in [0.4, 0.5) is 0 Å². The van der Waals surface area contributed by atoms with E-state index >= 15 is 0 Å². The number of hydrogen-bond donors (Lipinski definition) is 1. The molecule has 122 valence electrons. The summed E-state index contributed by atoms with van der Waals surface area (Å²) >= 11 is 5.97.